The van der Waals surface area contributed by atoms with E-state index >= 15 is 0 Å². The van der Waals surface area contributed by atoms with E-state index in [9.17, 15) is 0 Å². The predicted octanol–water partition coefficient (Wildman–Crippen LogP) is 2.40. The number of rotatable bonds is 7. The molecule has 13 heavy (non-hydrogen) atoms. The Morgan fingerprint density at radius 2 is 1.46 bits per heavy atom. The molecule has 0 aromatic carbocycles. The highest BCUT2D eigenvalue weighted by atomic mass is 14.9. The molecule has 0 aliphatic heterocycles. The summed E-state index contributed by atoms with van der Waals surface area (Å²) in [5.74, 6) is 0. The van der Waals surface area contributed by atoms with Crippen molar-refractivity contribution in [1.82, 2.24) is 10.6 Å². The first-order chi connectivity index (χ1) is 6.27. The Kier molecular flexibility index (Phi) is 17.1. The Balaban J connectivity index is 0. The number of hydrogen-bond donors (Lipinski definition) is 2. The van der Waals surface area contributed by atoms with E-state index in [1.165, 1.54) is 25.8 Å². The zero-order chi connectivity index (χ0) is 10.5. The lowest BCUT2D eigenvalue weighted by Gasteiger charge is -2.06. The predicted molar refractivity (Wildman–Crippen MR) is 62.3 cm³/mol. The van der Waals surface area contributed by atoms with Crippen molar-refractivity contribution in [2.24, 2.45) is 0 Å². The van der Waals surface area contributed by atoms with Crippen molar-refractivity contribution >= 4 is 0 Å². The second-order valence-electron chi connectivity index (χ2n) is 3.27. The molecule has 0 spiro atoms. The molecular formula is C11H28N2. The summed E-state index contributed by atoms with van der Waals surface area (Å²) in [5, 5.41) is 6.55. The van der Waals surface area contributed by atoms with Gasteiger partial charge in [0.15, 0.2) is 0 Å². The van der Waals surface area contributed by atoms with Crippen LogP contribution in [0.3, 0.4) is 0 Å². The summed E-state index contributed by atoms with van der Waals surface area (Å²) >= 11 is 0. The molecule has 0 amide bonds. The minimum Gasteiger partial charge on any atom is -0.320 e. The van der Waals surface area contributed by atoms with Crippen LogP contribution in [-0.2, 0) is 0 Å². The monoisotopic (exact) mass is 188 g/mol. The minimum atomic E-state index is 0.638. The van der Waals surface area contributed by atoms with E-state index in [-0.39, 0.29) is 0 Å². The van der Waals surface area contributed by atoms with Crippen LogP contribution in [0.25, 0.3) is 0 Å². The van der Waals surface area contributed by atoms with Gasteiger partial charge in [-0.15, -0.1) is 0 Å². The Bertz CT molecular complexity index is 72.5. The van der Waals surface area contributed by atoms with Gasteiger partial charge in [-0.1, -0.05) is 34.1 Å². The maximum atomic E-state index is 3.40. The number of hydrogen-bond acceptors (Lipinski definition) is 2. The van der Waals surface area contributed by atoms with Crippen molar-refractivity contribution < 1.29 is 0 Å². The molecule has 0 unspecified atom stereocenters. The number of nitrogens with one attached hydrogen (secondary N) is 2. The van der Waals surface area contributed by atoms with Gasteiger partial charge in [0.2, 0.25) is 0 Å². The van der Waals surface area contributed by atoms with Crippen molar-refractivity contribution in [2.75, 3.05) is 20.1 Å². The van der Waals surface area contributed by atoms with Crippen LogP contribution in [0, 0.1) is 0 Å². The first kappa shape index (κ1) is 15.4. The van der Waals surface area contributed by atoms with Crippen LogP contribution in [0.5, 0.6) is 0 Å². The Hall–Kier alpha value is -0.0800. The normalized spacial score (nSPS) is 9.69. The van der Waals surface area contributed by atoms with Gasteiger partial charge in [-0.25, -0.2) is 0 Å². The summed E-state index contributed by atoms with van der Waals surface area (Å²) in [4.78, 5) is 0. The van der Waals surface area contributed by atoms with Crippen LogP contribution >= 0.6 is 0 Å². The summed E-state index contributed by atoms with van der Waals surface area (Å²) in [6, 6.07) is 0.638. The van der Waals surface area contributed by atoms with Crippen LogP contribution in [-0.4, -0.2) is 26.2 Å². The Labute approximate surface area is 84.5 Å². The fourth-order valence-electron chi connectivity index (χ4n) is 0.994. The highest BCUT2D eigenvalue weighted by Gasteiger charge is 1.91. The van der Waals surface area contributed by atoms with E-state index in [0.29, 0.717) is 6.04 Å². The summed E-state index contributed by atoms with van der Waals surface area (Å²) in [5.41, 5.74) is 0. The fraction of sp³-hybridized carbons (Fsp3) is 1.00. The standard InChI is InChI=1S/C9H22N2.C2H6/c1-9(2)11-8-6-4-5-7-10-3;1-2/h9-11H,4-8H2,1-3H3;1-2H3. The molecule has 2 N–H and O–H groups in total. The Morgan fingerprint density at radius 3 is 1.92 bits per heavy atom. The second-order valence-corrected chi connectivity index (χ2v) is 3.27. The van der Waals surface area contributed by atoms with Gasteiger partial charge in [0, 0.05) is 6.04 Å². The van der Waals surface area contributed by atoms with E-state index < -0.39 is 0 Å². The van der Waals surface area contributed by atoms with Gasteiger partial charge < -0.3 is 10.6 Å². The van der Waals surface area contributed by atoms with Crippen molar-refractivity contribution in [1.29, 1.82) is 0 Å². The molecule has 0 atom stereocenters. The topological polar surface area (TPSA) is 24.1 Å². The molecule has 2 nitrogen and oxygen atoms in total. The molecule has 0 aliphatic carbocycles. The highest BCUT2D eigenvalue weighted by Crippen LogP contribution is 1.92. The van der Waals surface area contributed by atoms with Crippen LogP contribution < -0.4 is 10.6 Å². The molecule has 0 bridgehead atoms. The molecule has 0 aromatic rings. The summed E-state index contributed by atoms with van der Waals surface area (Å²) in [6.45, 7) is 10.7. The average molecular weight is 188 g/mol. The lowest BCUT2D eigenvalue weighted by atomic mass is 10.2. The first-order valence-corrected chi connectivity index (χ1v) is 5.65. The maximum absolute atomic E-state index is 3.40. The lowest BCUT2D eigenvalue weighted by Crippen LogP contribution is -2.23. The van der Waals surface area contributed by atoms with Crippen LogP contribution in [0.15, 0.2) is 0 Å². The van der Waals surface area contributed by atoms with Gasteiger partial charge in [-0.2, -0.15) is 0 Å². The van der Waals surface area contributed by atoms with E-state index in [0.717, 1.165) is 6.54 Å². The lowest BCUT2D eigenvalue weighted by molar-refractivity contribution is 0.544. The van der Waals surface area contributed by atoms with Crippen molar-refractivity contribution in [3.05, 3.63) is 0 Å². The van der Waals surface area contributed by atoms with Gasteiger partial charge >= 0.3 is 0 Å². The average Bonchev–Trinajstić information content (AvgIpc) is 2.14. The zero-order valence-electron chi connectivity index (χ0n) is 10.1. The molecule has 0 aliphatic rings. The van der Waals surface area contributed by atoms with Crippen LogP contribution in [0.1, 0.15) is 47.0 Å². The van der Waals surface area contributed by atoms with Crippen LogP contribution in [0.2, 0.25) is 0 Å². The van der Waals surface area contributed by atoms with Crippen molar-refractivity contribution in [3.8, 4) is 0 Å². The van der Waals surface area contributed by atoms with Gasteiger partial charge in [-0.3, -0.25) is 0 Å². The zero-order valence-corrected chi connectivity index (χ0v) is 10.1. The van der Waals surface area contributed by atoms with Crippen molar-refractivity contribution in [2.45, 2.75) is 53.0 Å². The first-order valence-electron chi connectivity index (χ1n) is 5.65. The minimum absolute atomic E-state index is 0.638. The molecular weight excluding hydrogens is 160 g/mol. The van der Waals surface area contributed by atoms with Gasteiger partial charge in [0.25, 0.3) is 0 Å². The molecule has 0 aromatic heterocycles. The molecule has 0 saturated carbocycles. The fourth-order valence-corrected chi connectivity index (χ4v) is 0.994. The summed E-state index contributed by atoms with van der Waals surface area (Å²) < 4.78 is 0. The molecule has 0 rings (SSSR count). The molecule has 0 saturated heterocycles. The van der Waals surface area contributed by atoms with Gasteiger partial charge in [-0.05, 0) is 33.0 Å². The van der Waals surface area contributed by atoms with Gasteiger partial charge in [0.05, 0.1) is 0 Å². The SMILES string of the molecule is CC.CNCCCCCNC(C)C. The van der Waals surface area contributed by atoms with E-state index in [2.05, 4.69) is 24.5 Å². The Morgan fingerprint density at radius 1 is 0.923 bits per heavy atom. The largest absolute Gasteiger partial charge is 0.320 e. The second kappa shape index (κ2) is 14.4. The maximum Gasteiger partial charge on any atom is 0.00103 e. The van der Waals surface area contributed by atoms with E-state index in [1.54, 1.807) is 0 Å². The molecule has 82 valence electrons. The highest BCUT2D eigenvalue weighted by molar-refractivity contribution is 4.53. The molecule has 0 fully saturated rings. The summed E-state index contributed by atoms with van der Waals surface area (Å²) in [7, 11) is 2.01. The smallest absolute Gasteiger partial charge is 0.00103 e. The molecule has 0 radical (unpaired) electrons. The third kappa shape index (κ3) is 18.7. The van der Waals surface area contributed by atoms with Gasteiger partial charge in [0.1, 0.15) is 0 Å². The van der Waals surface area contributed by atoms with Crippen molar-refractivity contribution in [3.63, 3.8) is 0 Å². The third-order valence-corrected chi connectivity index (χ3v) is 1.66. The molecule has 0 heterocycles. The third-order valence-electron chi connectivity index (χ3n) is 1.66. The van der Waals surface area contributed by atoms with E-state index in [1.807, 2.05) is 20.9 Å². The van der Waals surface area contributed by atoms with E-state index in [4.69, 9.17) is 0 Å². The van der Waals surface area contributed by atoms with Crippen LogP contribution in [0.4, 0.5) is 0 Å². The number of unbranched alkanes of at least 4 members (excludes halogenated alkanes) is 2. The summed E-state index contributed by atoms with van der Waals surface area (Å²) in [6.07, 6.45) is 3.94. The quantitative estimate of drug-likeness (QED) is 0.600. The molecule has 2 heteroatoms.